The van der Waals surface area contributed by atoms with Gasteiger partial charge in [-0.05, 0) is 31.4 Å². The number of ketones is 1. The maximum absolute atomic E-state index is 12.2. The molecule has 2 rings (SSSR count). The largest absolute Gasteiger partial charge is 0.466 e. The molecule has 0 radical (unpaired) electrons. The van der Waals surface area contributed by atoms with E-state index < -0.39 is 0 Å². The summed E-state index contributed by atoms with van der Waals surface area (Å²) in [5, 5.41) is 0. The Labute approximate surface area is 116 Å². The van der Waals surface area contributed by atoms with E-state index in [1.54, 1.807) is 0 Å². The van der Waals surface area contributed by atoms with E-state index in [0.29, 0.717) is 17.6 Å². The van der Waals surface area contributed by atoms with Gasteiger partial charge < -0.3 is 4.42 Å². The van der Waals surface area contributed by atoms with Crippen LogP contribution in [0.15, 0.2) is 16.5 Å². The molecule has 2 unspecified atom stereocenters. The Hall–Kier alpha value is -1.05. The first-order valence-electron chi connectivity index (χ1n) is 7.75. The predicted octanol–water partition coefficient (Wildman–Crippen LogP) is 5.05. The van der Waals surface area contributed by atoms with Crippen LogP contribution in [0.5, 0.6) is 0 Å². The van der Waals surface area contributed by atoms with Gasteiger partial charge in [0.1, 0.15) is 17.3 Å². The first kappa shape index (κ1) is 14.4. The van der Waals surface area contributed by atoms with Crippen LogP contribution < -0.4 is 0 Å². The molecule has 1 fully saturated rings. The second-order valence-corrected chi connectivity index (χ2v) is 6.11. The molecule has 1 heterocycles. The monoisotopic (exact) mass is 262 g/mol. The van der Waals surface area contributed by atoms with E-state index >= 15 is 0 Å². The van der Waals surface area contributed by atoms with Gasteiger partial charge in [-0.1, -0.05) is 33.6 Å². The van der Waals surface area contributed by atoms with Gasteiger partial charge in [0, 0.05) is 24.2 Å². The number of Topliss-reactive ketones (excluding diaryl/α,β-unsaturated/α-hetero) is 1. The third kappa shape index (κ3) is 3.29. The average molecular weight is 262 g/mol. The molecule has 1 aliphatic rings. The molecule has 1 saturated carbocycles. The molecule has 1 aliphatic carbocycles. The second-order valence-electron chi connectivity index (χ2n) is 6.11. The normalized spacial score (nSPS) is 21.9. The molecular weight excluding hydrogens is 236 g/mol. The van der Waals surface area contributed by atoms with Crippen LogP contribution >= 0.6 is 0 Å². The highest BCUT2D eigenvalue weighted by atomic mass is 16.3. The Morgan fingerprint density at radius 1 is 1.26 bits per heavy atom. The Morgan fingerprint density at radius 3 is 2.58 bits per heavy atom. The van der Waals surface area contributed by atoms with Gasteiger partial charge in [-0.25, -0.2) is 0 Å². The molecule has 1 aromatic heterocycles. The zero-order chi connectivity index (χ0) is 13.8. The Morgan fingerprint density at radius 2 is 2.00 bits per heavy atom. The first-order valence-corrected chi connectivity index (χ1v) is 7.75. The van der Waals surface area contributed by atoms with Crippen LogP contribution in [0, 0.1) is 5.92 Å². The van der Waals surface area contributed by atoms with E-state index in [2.05, 4.69) is 32.9 Å². The molecule has 0 N–H and O–H groups in total. The minimum Gasteiger partial charge on any atom is -0.466 e. The number of furan rings is 1. The van der Waals surface area contributed by atoms with Crippen molar-refractivity contribution >= 4 is 5.78 Å². The molecule has 2 nitrogen and oxygen atoms in total. The highest BCUT2D eigenvalue weighted by Crippen LogP contribution is 2.38. The second kappa shape index (κ2) is 6.40. The number of carbonyl (C=O) groups excluding carboxylic acids is 1. The van der Waals surface area contributed by atoms with E-state index in [-0.39, 0.29) is 5.92 Å². The quantitative estimate of drug-likeness (QED) is 0.743. The van der Waals surface area contributed by atoms with Crippen molar-refractivity contribution in [2.24, 2.45) is 5.92 Å². The maximum Gasteiger partial charge on any atom is 0.136 e. The Balaban J connectivity index is 2.20. The summed E-state index contributed by atoms with van der Waals surface area (Å²) in [5.41, 5.74) is 0. The van der Waals surface area contributed by atoms with Crippen molar-refractivity contribution in [3.05, 3.63) is 23.7 Å². The number of rotatable bonds is 5. The van der Waals surface area contributed by atoms with Gasteiger partial charge in [0.25, 0.3) is 0 Å². The van der Waals surface area contributed by atoms with Crippen LogP contribution in [0.25, 0.3) is 0 Å². The third-order valence-electron chi connectivity index (χ3n) is 4.27. The van der Waals surface area contributed by atoms with Crippen molar-refractivity contribution in [3.63, 3.8) is 0 Å². The average Bonchev–Trinajstić information content (AvgIpc) is 2.86. The number of carbonyl (C=O) groups is 1. The molecule has 0 amide bonds. The minimum atomic E-state index is 0.194. The Bertz CT molecular complexity index is 417. The van der Waals surface area contributed by atoms with Crippen molar-refractivity contribution < 1.29 is 9.21 Å². The van der Waals surface area contributed by atoms with Crippen LogP contribution in [0.3, 0.4) is 0 Å². The van der Waals surface area contributed by atoms with Crippen LogP contribution in [0.4, 0.5) is 0 Å². The smallest absolute Gasteiger partial charge is 0.136 e. The van der Waals surface area contributed by atoms with Crippen LogP contribution in [0.2, 0.25) is 0 Å². The molecule has 0 aromatic carbocycles. The molecule has 106 valence electrons. The Kier molecular flexibility index (Phi) is 4.84. The van der Waals surface area contributed by atoms with Gasteiger partial charge in [-0.2, -0.15) is 0 Å². The summed E-state index contributed by atoms with van der Waals surface area (Å²) in [6.07, 6.45) is 6.23. The van der Waals surface area contributed by atoms with E-state index in [1.807, 2.05) is 0 Å². The molecule has 1 aromatic rings. The molecule has 0 aliphatic heterocycles. The summed E-state index contributed by atoms with van der Waals surface area (Å²) in [5.74, 6) is 3.43. The minimum absolute atomic E-state index is 0.194. The summed E-state index contributed by atoms with van der Waals surface area (Å²) in [7, 11) is 0. The number of hydrogen-bond acceptors (Lipinski definition) is 2. The molecule has 2 heteroatoms. The fourth-order valence-electron chi connectivity index (χ4n) is 3.17. The topological polar surface area (TPSA) is 30.2 Å². The lowest BCUT2D eigenvalue weighted by Gasteiger charge is -2.27. The summed E-state index contributed by atoms with van der Waals surface area (Å²) in [4.78, 5) is 12.2. The fourth-order valence-corrected chi connectivity index (χ4v) is 3.17. The van der Waals surface area contributed by atoms with Crippen molar-refractivity contribution in [2.75, 3.05) is 0 Å². The van der Waals surface area contributed by atoms with Crippen LogP contribution in [0.1, 0.15) is 82.7 Å². The molecular formula is C17H26O2. The molecule has 19 heavy (non-hydrogen) atoms. The van der Waals surface area contributed by atoms with E-state index in [4.69, 9.17) is 4.42 Å². The van der Waals surface area contributed by atoms with Crippen molar-refractivity contribution in [2.45, 2.75) is 71.1 Å². The number of hydrogen-bond donors (Lipinski definition) is 0. The zero-order valence-corrected chi connectivity index (χ0v) is 12.4. The first-order chi connectivity index (χ1) is 9.13. The molecule has 0 spiro atoms. The highest BCUT2D eigenvalue weighted by molar-refractivity contribution is 5.82. The lowest BCUT2D eigenvalue weighted by Crippen LogP contribution is -2.25. The van der Waals surface area contributed by atoms with Gasteiger partial charge in [-0.3, -0.25) is 4.79 Å². The van der Waals surface area contributed by atoms with E-state index in [0.717, 1.165) is 43.6 Å². The highest BCUT2D eigenvalue weighted by Gasteiger charge is 2.32. The summed E-state index contributed by atoms with van der Waals surface area (Å²) >= 11 is 0. The zero-order valence-electron chi connectivity index (χ0n) is 12.4. The molecule has 2 atom stereocenters. The van der Waals surface area contributed by atoms with Crippen LogP contribution in [-0.4, -0.2) is 5.78 Å². The molecule has 0 bridgehead atoms. The lowest BCUT2D eigenvalue weighted by atomic mass is 9.76. The van der Waals surface area contributed by atoms with Gasteiger partial charge in [-0.15, -0.1) is 0 Å². The third-order valence-corrected chi connectivity index (χ3v) is 4.27. The van der Waals surface area contributed by atoms with E-state index in [9.17, 15) is 4.79 Å². The maximum atomic E-state index is 12.2. The summed E-state index contributed by atoms with van der Waals surface area (Å²) < 4.78 is 6.01. The van der Waals surface area contributed by atoms with Crippen molar-refractivity contribution in [3.8, 4) is 0 Å². The summed E-state index contributed by atoms with van der Waals surface area (Å²) in [6, 6.07) is 4.17. The van der Waals surface area contributed by atoms with Gasteiger partial charge in [0.15, 0.2) is 0 Å². The SMILES string of the molecule is CCCC(c1ccc(C(C)C)o1)C1CCCCC1=O. The molecule has 0 saturated heterocycles. The van der Waals surface area contributed by atoms with Crippen molar-refractivity contribution in [1.29, 1.82) is 0 Å². The van der Waals surface area contributed by atoms with Gasteiger partial charge in [0.2, 0.25) is 0 Å². The van der Waals surface area contributed by atoms with Crippen molar-refractivity contribution in [1.82, 2.24) is 0 Å². The predicted molar refractivity (Wildman–Crippen MR) is 77.4 cm³/mol. The summed E-state index contributed by atoms with van der Waals surface area (Å²) in [6.45, 7) is 6.47. The fraction of sp³-hybridized carbons (Fsp3) is 0.706. The van der Waals surface area contributed by atoms with Crippen LogP contribution in [-0.2, 0) is 4.79 Å². The standard InChI is InChI=1S/C17H26O2/c1-4-7-14(13-8-5-6-9-15(13)18)17-11-10-16(19-17)12(2)3/h10-14H,4-9H2,1-3H3. The van der Waals surface area contributed by atoms with Gasteiger partial charge >= 0.3 is 0 Å². The lowest BCUT2D eigenvalue weighted by molar-refractivity contribution is -0.125. The van der Waals surface area contributed by atoms with E-state index in [1.165, 1.54) is 6.42 Å². The van der Waals surface area contributed by atoms with Gasteiger partial charge in [0.05, 0.1) is 0 Å².